The number of rotatable bonds is 4. The summed E-state index contributed by atoms with van der Waals surface area (Å²) in [5, 5.41) is 5.73. The molecule has 2 aromatic rings. The van der Waals surface area contributed by atoms with Gasteiger partial charge < -0.3 is 15.5 Å². The first-order valence-electron chi connectivity index (χ1n) is 8.48. The summed E-state index contributed by atoms with van der Waals surface area (Å²) in [5.41, 5.74) is 4.26. The maximum atomic E-state index is 12.2. The Kier molecular flexibility index (Phi) is 5.03. The van der Waals surface area contributed by atoms with E-state index >= 15 is 0 Å². The van der Waals surface area contributed by atoms with Gasteiger partial charge in [0.05, 0.1) is 6.04 Å². The van der Waals surface area contributed by atoms with E-state index in [4.69, 9.17) is 0 Å². The van der Waals surface area contributed by atoms with Gasteiger partial charge in [-0.25, -0.2) is 4.79 Å². The summed E-state index contributed by atoms with van der Waals surface area (Å²) >= 11 is 0. The zero-order valence-corrected chi connectivity index (χ0v) is 14.6. The highest BCUT2D eigenvalue weighted by atomic mass is 16.2. The molecule has 2 N–H and O–H groups in total. The van der Waals surface area contributed by atoms with Crippen molar-refractivity contribution in [1.29, 1.82) is 0 Å². The van der Waals surface area contributed by atoms with Gasteiger partial charge in [0.15, 0.2) is 0 Å². The van der Waals surface area contributed by atoms with Crippen LogP contribution in [0.15, 0.2) is 48.5 Å². The van der Waals surface area contributed by atoms with E-state index in [1.807, 2.05) is 62.4 Å². The molecule has 1 saturated heterocycles. The molecule has 1 aliphatic heterocycles. The topological polar surface area (TPSA) is 61.4 Å². The predicted molar refractivity (Wildman–Crippen MR) is 98.5 cm³/mol. The molecule has 0 bridgehead atoms. The van der Waals surface area contributed by atoms with Gasteiger partial charge >= 0.3 is 6.03 Å². The van der Waals surface area contributed by atoms with E-state index in [-0.39, 0.29) is 18.0 Å². The zero-order chi connectivity index (χ0) is 17.8. The van der Waals surface area contributed by atoms with Crippen LogP contribution in [0.3, 0.4) is 0 Å². The molecule has 1 fully saturated rings. The second-order valence-electron chi connectivity index (χ2n) is 6.55. The van der Waals surface area contributed by atoms with E-state index in [2.05, 4.69) is 10.6 Å². The molecule has 1 aliphatic rings. The van der Waals surface area contributed by atoms with Crippen LogP contribution >= 0.6 is 0 Å². The largest absolute Gasteiger partial charge is 0.334 e. The first kappa shape index (κ1) is 17.0. The fourth-order valence-electron chi connectivity index (χ4n) is 2.90. The van der Waals surface area contributed by atoms with Gasteiger partial charge in [-0.3, -0.25) is 4.79 Å². The number of hydrogen-bond donors (Lipinski definition) is 2. The summed E-state index contributed by atoms with van der Waals surface area (Å²) in [6, 6.07) is 15.4. The zero-order valence-electron chi connectivity index (χ0n) is 14.6. The van der Waals surface area contributed by atoms with Crippen molar-refractivity contribution in [3.63, 3.8) is 0 Å². The van der Waals surface area contributed by atoms with Crippen LogP contribution in [0.2, 0.25) is 0 Å². The molecule has 1 heterocycles. The Balaban J connectivity index is 1.51. The Morgan fingerprint density at radius 1 is 1.04 bits per heavy atom. The van der Waals surface area contributed by atoms with Crippen LogP contribution in [-0.4, -0.2) is 24.5 Å². The van der Waals surface area contributed by atoms with Crippen LogP contribution in [0.5, 0.6) is 0 Å². The summed E-state index contributed by atoms with van der Waals surface area (Å²) in [7, 11) is 0. The molecule has 0 saturated carbocycles. The summed E-state index contributed by atoms with van der Waals surface area (Å²) < 4.78 is 0. The first-order valence-corrected chi connectivity index (χ1v) is 8.48. The Hall–Kier alpha value is -2.82. The van der Waals surface area contributed by atoms with Crippen LogP contribution in [-0.2, 0) is 11.3 Å². The molecule has 25 heavy (non-hydrogen) atoms. The van der Waals surface area contributed by atoms with Crippen LogP contribution in [0.25, 0.3) is 0 Å². The fraction of sp³-hybridized carbons (Fsp3) is 0.300. The van der Waals surface area contributed by atoms with Crippen molar-refractivity contribution in [2.24, 2.45) is 0 Å². The molecule has 5 nitrogen and oxygen atoms in total. The highest BCUT2D eigenvalue weighted by Crippen LogP contribution is 2.21. The summed E-state index contributed by atoms with van der Waals surface area (Å²) in [6.45, 7) is 5.01. The van der Waals surface area contributed by atoms with Gasteiger partial charge in [0.1, 0.15) is 0 Å². The van der Waals surface area contributed by atoms with Gasteiger partial charge in [0, 0.05) is 25.2 Å². The molecule has 1 unspecified atom stereocenters. The highest BCUT2D eigenvalue weighted by Gasteiger charge is 2.31. The Bertz CT molecular complexity index is 754. The van der Waals surface area contributed by atoms with Crippen molar-refractivity contribution in [3.8, 4) is 0 Å². The quantitative estimate of drug-likeness (QED) is 0.901. The van der Waals surface area contributed by atoms with Crippen molar-refractivity contribution in [2.45, 2.75) is 32.9 Å². The predicted octanol–water partition coefficient (Wildman–Crippen LogP) is 2.91. The van der Waals surface area contributed by atoms with Crippen LogP contribution in [0.4, 0.5) is 10.5 Å². The highest BCUT2D eigenvalue weighted by molar-refractivity contribution is 5.96. The number of carbonyl (C=O) groups is 2. The second kappa shape index (κ2) is 7.38. The van der Waals surface area contributed by atoms with Crippen molar-refractivity contribution in [1.82, 2.24) is 10.6 Å². The van der Waals surface area contributed by atoms with E-state index in [1.54, 1.807) is 4.90 Å². The third-order valence-electron chi connectivity index (χ3n) is 4.38. The number of anilines is 1. The van der Waals surface area contributed by atoms with Crippen LogP contribution in [0.1, 0.15) is 23.1 Å². The minimum atomic E-state index is -0.246. The molecule has 5 heteroatoms. The number of nitrogens with zero attached hydrogens (tertiary/aromatic N) is 1. The molecule has 130 valence electrons. The van der Waals surface area contributed by atoms with Crippen molar-refractivity contribution >= 4 is 17.6 Å². The molecule has 0 aliphatic carbocycles. The van der Waals surface area contributed by atoms with Crippen LogP contribution < -0.4 is 15.5 Å². The molecule has 3 amide bonds. The molecule has 3 rings (SSSR count). The minimum absolute atomic E-state index is 0.0349. The van der Waals surface area contributed by atoms with Gasteiger partial charge in [0.25, 0.3) is 0 Å². The number of carbonyl (C=O) groups excluding carboxylic acids is 2. The van der Waals surface area contributed by atoms with Crippen LogP contribution in [0, 0.1) is 13.8 Å². The third kappa shape index (κ3) is 4.38. The summed E-state index contributed by atoms with van der Waals surface area (Å²) in [5.74, 6) is 0.0349. The average Bonchev–Trinajstić information content (AvgIpc) is 2.95. The monoisotopic (exact) mass is 337 g/mol. The van der Waals surface area contributed by atoms with Gasteiger partial charge in [-0.05, 0) is 31.5 Å². The lowest BCUT2D eigenvalue weighted by molar-refractivity contribution is -0.117. The van der Waals surface area contributed by atoms with Gasteiger partial charge in [0.2, 0.25) is 5.91 Å². The number of urea groups is 1. The normalized spacial score (nSPS) is 16.8. The van der Waals surface area contributed by atoms with Crippen molar-refractivity contribution in [2.75, 3.05) is 11.4 Å². The molecule has 2 aromatic carbocycles. The SMILES string of the molecule is Cc1ccc(CNC(=O)NC2CC(=O)N(c3ccc(C)cc3)C2)cc1. The molecule has 0 spiro atoms. The first-order chi connectivity index (χ1) is 12.0. The lowest BCUT2D eigenvalue weighted by Crippen LogP contribution is -2.43. The number of benzene rings is 2. The number of nitrogens with one attached hydrogen (secondary N) is 2. The lowest BCUT2D eigenvalue weighted by Gasteiger charge is -2.17. The third-order valence-corrected chi connectivity index (χ3v) is 4.38. The second-order valence-corrected chi connectivity index (χ2v) is 6.55. The molecular formula is C20H23N3O2. The van der Waals surface area contributed by atoms with E-state index in [1.165, 1.54) is 5.56 Å². The summed E-state index contributed by atoms with van der Waals surface area (Å²) in [6.07, 6.45) is 0.325. The maximum Gasteiger partial charge on any atom is 0.315 e. The van der Waals surface area contributed by atoms with E-state index in [0.29, 0.717) is 19.5 Å². The van der Waals surface area contributed by atoms with Crippen molar-refractivity contribution in [3.05, 3.63) is 65.2 Å². The Morgan fingerprint density at radius 2 is 1.64 bits per heavy atom. The average molecular weight is 337 g/mol. The fourth-order valence-corrected chi connectivity index (χ4v) is 2.90. The molecular weight excluding hydrogens is 314 g/mol. The number of amides is 3. The Morgan fingerprint density at radius 3 is 2.28 bits per heavy atom. The van der Waals surface area contributed by atoms with E-state index < -0.39 is 0 Å². The van der Waals surface area contributed by atoms with E-state index in [9.17, 15) is 9.59 Å². The van der Waals surface area contributed by atoms with Gasteiger partial charge in [-0.1, -0.05) is 47.5 Å². The van der Waals surface area contributed by atoms with Gasteiger partial charge in [-0.15, -0.1) is 0 Å². The number of hydrogen-bond acceptors (Lipinski definition) is 2. The lowest BCUT2D eigenvalue weighted by atomic mass is 10.1. The standard InChI is InChI=1S/C20H23N3O2/c1-14-3-7-16(8-4-14)12-21-20(25)22-17-11-19(24)23(13-17)18-9-5-15(2)6-10-18/h3-10,17H,11-13H2,1-2H3,(H2,21,22,25). The van der Waals surface area contributed by atoms with Gasteiger partial charge in [-0.2, -0.15) is 0 Å². The number of aryl methyl sites for hydroxylation is 2. The Labute approximate surface area is 148 Å². The van der Waals surface area contributed by atoms with E-state index in [0.717, 1.165) is 16.8 Å². The van der Waals surface area contributed by atoms with Crippen molar-refractivity contribution < 1.29 is 9.59 Å². The smallest absolute Gasteiger partial charge is 0.315 e. The summed E-state index contributed by atoms with van der Waals surface area (Å²) in [4.78, 5) is 26.0. The minimum Gasteiger partial charge on any atom is -0.334 e. The maximum absolute atomic E-state index is 12.2. The molecule has 0 aromatic heterocycles. The molecule has 1 atom stereocenters. The molecule has 0 radical (unpaired) electrons.